The zero-order valence-electron chi connectivity index (χ0n) is 19.9. The summed E-state index contributed by atoms with van der Waals surface area (Å²) < 4.78 is 4.83. The molecule has 34 heavy (non-hydrogen) atoms. The molecule has 1 atom stereocenters. The van der Waals surface area contributed by atoms with Crippen LogP contribution in [0.3, 0.4) is 0 Å². The van der Waals surface area contributed by atoms with Gasteiger partial charge in [-0.1, -0.05) is 29.0 Å². The van der Waals surface area contributed by atoms with E-state index in [-0.39, 0.29) is 12.0 Å². The number of aromatic nitrogens is 3. The summed E-state index contributed by atoms with van der Waals surface area (Å²) in [5, 5.41) is 4.01. The van der Waals surface area contributed by atoms with Gasteiger partial charge in [0, 0.05) is 25.5 Å². The fraction of sp³-hybridized carbons (Fsp3) is 0.280. The molecule has 0 aliphatic rings. The third kappa shape index (κ3) is 5.32. The van der Waals surface area contributed by atoms with E-state index in [9.17, 15) is 4.79 Å². The number of hydrogen-bond donors (Lipinski definition) is 1. The maximum atomic E-state index is 11.8. The van der Waals surface area contributed by atoms with Crippen LogP contribution in [-0.2, 0) is 16.1 Å². The van der Waals surface area contributed by atoms with Crippen molar-refractivity contribution < 1.29 is 9.53 Å². The van der Waals surface area contributed by atoms with E-state index < -0.39 is 0 Å². The first kappa shape index (κ1) is 23.6. The number of nitrogens with zero attached hydrogens (tertiary/aromatic N) is 5. The molecule has 0 spiro atoms. The number of rotatable bonds is 8. The van der Waals surface area contributed by atoms with Crippen molar-refractivity contribution in [1.29, 1.82) is 0 Å². The Bertz CT molecular complexity index is 1290. The van der Waals surface area contributed by atoms with Gasteiger partial charge in [0.25, 0.3) is 0 Å². The third-order valence-electron chi connectivity index (χ3n) is 5.70. The summed E-state index contributed by atoms with van der Waals surface area (Å²) in [5.74, 6) is 1.28. The van der Waals surface area contributed by atoms with Crippen molar-refractivity contribution in [3.05, 3.63) is 65.9 Å². The molecular formula is C25H28N6O2S. The fourth-order valence-electron chi connectivity index (χ4n) is 3.47. The lowest BCUT2D eigenvalue weighted by Gasteiger charge is -2.22. The topological polar surface area (TPSA) is 83.5 Å². The molecule has 1 aromatic carbocycles. The lowest BCUT2D eigenvalue weighted by molar-refractivity contribution is -0.145. The molecule has 9 heteroatoms. The Hall–Kier alpha value is -3.56. The fourth-order valence-corrected chi connectivity index (χ4v) is 4.31. The highest BCUT2D eigenvalue weighted by atomic mass is 32.1. The molecule has 0 aliphatic heterocycles. The maximum absolute atomic E-state index is 11.8. The number of ether oxygens (including phenoxy) is 1. The van der Waals surface area contributed by atoms with Crippen LogP contribution in [0.1, 0.15) is 18.1 Å². The number of fused-ring (bicyclic) bond motifs is 1. The molecule has 3 aromatic heterocycles. The van der Waals surface area contributed by atoms with E-state index in [1.807, 2.05) is 50.2 Å². The van der Waals surface area contributed by atoms with Gasteiger partial charge in [0.15, 0.2) is 5.13 Å². The average molecular weight is 477 g/mol. The number of thiazole rings is 1. The molecule has 3 heterocycles. The average Bonchev–Trinajstić information content (AvgIpc) is 3.24. The number of methoxy groups -OCH3 is 1. The zero-order valence-corrected chi connectivity index (χ0v) is 20.8. The predicted molar refractivity (Wildman–Crippen MR) is 137 cm³/mol. The molecule has 0 bridgehead atoms. The van der Waals surface area contributed by atoms with E-state index in [2.05, 4.69) is 51.4 Å². The molecule has 176 valence electrons. The van der Waals surface area contributed by atoms with Crippen LogP contribution in [0.4, 0.5) is 22.5 Å². The molecule has 0 radical (unpaired) electrons. The van der Waals surface area contributed by atoms with Crippen LogP contribution in [0.15, 0.2) is 54.7 Å². The number of benzene rings is 1. The van der Waals surface area contributed by atoms with Crippen molar-refractivity contribution in [2.45, 2.75) is 26.4 Å². The second-order valence-corrected chi connectivity index (χ2v) is 9.17. The van der Waals surface area contributed by atoms with Gasteiger partial charge in [-0.15, -0.1) is 0 Å². The summed E-state index contributed by atoms with van der Waals surface area (Å²) in [4.78, 5) is 30.5. The molecule has 0 aliphatic carbocycles. The quantitative estimate of drug-likeness (QED) is 0.360. The molecule has 0 saturated heterocycles. The summed E-state index contributed by atoms with van der Waals surface area (Å²) in [6.45, 7) is 4.49. The van der Waals surface area contributed by atoms with Crippen LogP contribution in [0.25, 0.3) is 10.3 Å². The minimum absolute atomic E-state index is 0.260. The van der Waals surface area contributed by atoms with E-state index in [1.54, 1.807) is 6.20 Å². The lowest BCUT2D eigenvalue weighted by Crippen LogP contribution is -2.36. The Morgan fingerprint density at radius 2 is 1.88 bits per heavy atom. The number of esters is 1. The normalized spacial score (nSPS) is 12.1. The molecule has 0 saturated carbocycles. The van der Waals surface area contributed by atoms with E-state index in [1.165, 1.54) is 24.0 Å². The highest BCUT2D eigenvalue weighted by molar-refractivity contribution is 7.21. The summed E-state index contributed by atoms with van der Waals surface area (Å²) >= 11 is 1.48. The number of carbonyl (C=O) groups is 1. The van der Waals surface area contributed by atoms with Gasteiger partial charge in [0.1, 0.15) is 28.0 Å². The minimum atomic E-state index is -0.336. The third-order valence-corrected chi connectivity index (χ3v) is 6.58. The highest BCUT2D eigenvalue weighted by Gasteiger charge is 2.18. The van der Waals surface area contributed by atoms with Gasteiger partial charge < -0.3 is 15.0 Å². The van der Waals surface area contributed by atoms with E-state index in [0.29, 0.717) is 12.4 Å². The van der Waals surface area contributed by atoms with Crippen LogP contribution in [0.2, 0.25) is 0 Å². The summed E-state index contributed by atoms with van der Waals surface area (Å²) in [7, 11) is 5.30. The van der Waals surface area contributed by atoms with E-state index >= 15 is 0 Å². The van der Waals surface area contributed by atoms with Crippen molar-refractivity contribution in [1.82, 2.24) is 19.9 Å². The Morgan fingerprint density at radius 1 is 1.12 bits per heavy atom. The van der Waals surface area contributed by atoms with Crippen molar-refractivity contribution in [3.8, 4) is 0 Å². The van der Waals surface area contributed by atoms with Crippen molar-refractivity contribution in [2.75, 3.05) is 31.4 Å². The molecule has 4 aromatic rings. The first-order valence-corrected chi connectivity index (χ1v) is 11.7. The van der Waals surface area contributed by atoms with E-state index in [4.69, 9.17) is 9.72 Å². The number of carbonyl (C=O) groups excluding carboxylic acids is 1. The SMILES string of the molecule is COC(=O)[C@H](C)N(C)Cc1ccnc(Nc2nc3ccc(N(C)c4ccc(C)cc4)nc3s2)c1. The Kier molecular flexibility index (Phi) is 7.04. The second-order valence-electron chi connectivity index (χ2n) is 8.20. The maximum Gasteiger partial charge on any atom is 0.322 e. The first-order valence-electron chi connectivity index (χ1n) is 10.9. The van der Waals surface area contributed by atoms with Gasteiger partial charge in [0.2, 0.25) is 0 Å². The zero-order chi connectivity index (χ0) is 24.2. The smallest absolute Gasteiger partial charge is 0.322 e. The van der Waals surface area contributed by atoms with Gasteiger partial charge in [-0.05, 0) is 62.9 Å². The standard InChI is InChI=1S/C25H28N6O2S/c1-16-6-8-19(9-7-16)31(4)22-11-10-20-23(29-22)34-25(27-20)28-21-14-18(12-13-26-21)15-30(3)17(2)24(32)33-5/h6-14,17H,15H2,1-5H3,(H,26,27,28)/t17-/m0/s1. The van der Waals surface area contributed by atoms with Gasteiger partial charge in [0.05, 0.1) is 7.11 Å². The summed E-state index contributed by atoms with van der Waals surface area (Å²) in [6, 6.07) is 15.9. The number of aryl methyl sites for hydroxylation is 1. The molecular weight excluding hydrogens is 448 g/mol. The number of pyridine rings is 2. The minimum Gasteiger partial charge on any atom is -0.468 e. The van der Waals surface area contributed by atoms with Gasteiger partial charge in [-0.3, -0.25) is 9.69 Å². The van der Waals surface area contributed by atoms with Gasteiger partial charge in [-0.2, -0.15) is 0 Å². The predicted octanol–water partition coefficient (Wildman–Crippen LogP) is 4.90. The molecule has 1 N–H and O–H groups in total. The molecule has 4 rings (SSSR count). The molecule has 0 fully saturated rings. The van der Waals surface area contributed by atoms with Crippen molar-refractivity contribution in [3.63, 3.8) is 0 Å². The van der Waals surface area contributed by atoms with Crippen LogP contribution in [0, 0.1) is 6.92 Å². The Balaban J connectivity index is 1.49. The Labute approximate surface area is 203 Å². The van der Waals surface area contributed by atoms with Gasteiger partial charge in [-0.25, -0.2) is 15.0 Å². The van der Waals surface area contributed by atoms with Crippen LogP contribution < -0.4 is 10.2 Å². The van der Waals surface area contributed by atoms with Crippen molar-refractivity contribution in [2.24, 2.45) is 0 Å². The number of likely N-dealkylation sites (N-methyl/N-ethyl adjacent to an activating group) is 1. The second kappa shape index (κ2) is 10.1. The van der Waals surface area contributed by atoms with E-state index in [0.717, 1.165) is 32.5 Å². The van der Waals surface area contributed by atoms with Crippen LogP contribution in [-0.4, -0.2) is 53.1 Å². The monoisotopic (exact) mass is 476 g/mol. The van der Waals surface area contributed by atoms with Gasteiger partial charge >= 0.3 is 5.97 Å². The number of anilines is 4. The molecule has 0 amide bonds. The largest absolute Gasteiger partial charge is 0.468 e. The first-order chi connectivity index (χ1) is 16.3. The highest BCUT2D eigenvalue weighted by Crippen LogP contribution is 2.30. The van der Waals surface area contributed by atoms with Crippen molar-refractivity contribution >= 4 is 50.1 Å². The Morgan fingerprint density at radius 3 is 2.62 bits per heavy atom. The summed E-state index contributed by atoms with van der Waals surface area (Å²) in [6.07, 6.45) is 1.74. The number of nitrogens with one attached hydrogen (secondary N) is 1. The molecule has 0 unspecified atom stereocenters. The molecule has 8 nitrogen and oxygen atoms in total. The summed E-state index contributed by atoms with van der Waals surface area (Å²) in [5.41, 5.74) is 4.15. The lowest BCUT2D eigenvalue weighted by atomic mass is 10.2. The number of hydrogen-bond acceptors (Lipinski definition) is 9. The van der Waals surface area contributed by atoms with Crippen LogP contribution in [0.5, 0.6) is 0 Å². The van der Waals surface area contributed by atoms with Crippen LogP contribution >= 0.6 is 11.3 Å².